The third-order valence-corrected chi connectivity index (χ3v) is 5.20. The van der Waals surface area contributed by atoms with E-state index in [1.165, 1.54) is 6.07 Å². The van der Waals surface area contributed by atoms with Crippen LogP contribution in [0.25, 0.3) is 10.6 Å². The number of rotatable bonds is 3. The lowest BCUT2D eigenvalue weighted by Crippen LogP contribution is -2.37. The molecule has 1 atom stereocenters. The first-order valence-electron chi connectivity index (χ1n) is 7.36. The van der Waals surface area contributed by atoms with Crippen LogP contribution < -0.4 is 0 Å². The lowest BCUT2D eigenvalue weighted by molar-refractivity contribution is 0.0681. The number of carbonyl (C=O) groups excluding carboxylic acids is 1. The Bertz CT molecular complexity index is 748. The van der Waals surface area contributed by atoms with E-state index in [0.717, 1.165) is 36.3 Å². The van der Waals surface area contributed by atoms with Gasteiger partial charge in [-0.1, -0.05) is 0 Å². The van der Waals surface area contributed by atoms with Crippen LogP contribution in [0.1, 0.15) is 28.2 Å². The number of aliphatic hydroxyl groups is 1. The monoisotopic (exact) mass is 338 g/mol. The molecule has 7 heteroatoms. The van der Waals surface area contributed by atoms with Crippen molar-refractivity contribution in [3.63, 3.8) is 0 Å². The van der Waals surface area contributed by atoms with Crippen LogP contribution in [0.5, 0.6) is 0 Å². The fraction of sp³-hybridized carbons (Fsp3) is 0.375. The minimum atomic E-state index is -0.942. The van der Waals surface area contributed by atoms with Crippen LogP contribution in [-0.2, 0) is 0 Å². The van der Waals surface area contributed by atoms with Gasteiger partial charge < -0.3 is 10.0 Å². The van der Waals surface area contributed by atoms with E-state index in [2.05, 4.69) is 4.98 Å². The number of thiazole rings is 1. The average Bonchev–Trinajstić information content (AvgIpc) is 3.15. The van der Waals surface area contributed by atoms with Crippen LogP contribution in [0.3, 0.4) is 0 Å². The zero-order valence-corrected chi connectivity index (χ0v) is 13.4. The fourth-order valence-electron chi connectivity index (χ4n) is 2.77. The lowest BCUT2D eigenvalue weighted by Gasteiger charge is -2.22. The van der Waals surface area contributed by atoms with E-state index in [1.54, 1.807) is 11.8 Å². The number of amides is 1. The summed E-state index contributed by atoms with van der Waals surface area (Å²) in [5.74, 6) is -2.02. The summed E-state index contributed by atoms with van der Waals surface area (Å²) >= 11 is 1.16. The summed E-state index contributed by atoms with van der Waals surface area (Å²) in [6.45, 7) is 2.28. The van der Waals surface area contributed by atoms with Crippen molar-refractivity contribution in [2.75, 3.05) is 13.2 Å². The number of aromatic nitrogens is 1. The number of halogens is 2. The smallest absolute Gasteiger partial charge is 0.266 e. The van der Waals surface area contributed by atoms with Crippen molar-refractivity contribution in [2.45, 2.75) is 25.8 Å². The van der Waals surface area contributed by atoms with E-state index >= 15 is 0 Å². The molecule has 0 spiro atoms. The predicted molar refractivity (Wildman–Crippen MR) is 83.3 cm³/mol. The van der Waals surface area contributed by atoms with Crippen molar-refractivity contribution in [3.8, 4) is 10.6 Å². The van der Waals surface area contributed by atoms with Gasteiger partial charge in [-0.25, -0.2) is 13.8 Å². The Morgan fingerprint density at radius 1 is 1.43 bits per heavy atom. The van der Waals surface area contributed by atoms with Crippen molar-refractivity contribution in [3.05, 3.63) is 40.4 Å². The molecule has 0 radical (unpaired) electrons. The molecule has 1 aliphatic heterocycles. The summed E-state index contributed by atoms with van der Waals surface area (Å²) in [6.07, 6.45) is 1.65. The van der Waals surface area contributed by atoms with Gasteiger partial charge in [0.05, 0.1) is 18.3 Å². The van der Waals surface area contributed by atoms with Gasteiger partial charge in [0.15, 0.2) is 11.6 Å². The van der Waals surface area contributed by atoms with Crippen molar-refractivity contribution >= 4 is 17.2 Å². The molecule has 1 amide bonds. The molecule has 3 rings (SSSR count). The highest BCUT2D eigenvalue weighted by molar-refractivity contribution is 7.17. The fourth-order valence-corrected chi connectivity index (χ4v) is 3.79. The van der Waals surface area contributed by atoms with Gasteiger partial charge in [-0.2, -0.15) is 0 Å². The molecule has 0 bridgehead atoms. The largest absolute Gasteiger partial charge is 0.394 e. The zero-order chi connectivity index (χ0) is 16.6. The Balaban J connectivity index is 1.91. The SMILES string of the molecule is Cc1nc(-c2ccc(F)c(F)c2)sc1C(=O)N1CCC[C@@H]1CO. The van der Waals surface area contributed by atoms with E-state index in [-0.39, 0.29) is 18.6 Å². The molecule has 0 unspecified atom stereocenters. The third-order valence-electron chi connectivity index (χ3n) is 4.01. The molecule has 4 nitrogen and oxygen atoms in total. The van der Waals surface area contributed by atoms with Crippen LogP contribution in [0.4, 0.5) is 8.78 Å². The summed E-state index contributed by atoms with van der Waals surface area (Å²) < 4.78 is 26.4. The number of aryl methyl sites for hydroxylation is 1. The first kappa shape index (κ1) is 16.0. The molecule has 2 aromatic rings. The number of aliphatic hydroxyl groups excluding tert-OH is 1. The molecule has 1 aliphatic rings. The number of nitrogens with zero attached hydrogens (tertiary/aromatic N) is 2. The molecule has 1 aromatic carbocycles. The predicted octanol–water partition coefficient (Wildman–Crippen LogP) is 2.99. The molecule has 1 aromatic heterocycles. The topological polar surface area (TPSA) is 53.4 Å². The molecule has 1 fully saturated rings. The highest BCUT2D eigenvalue weighted by atomic mass is 32.1. The van der Waals surface area contributed by atoms with Crippen molar-refractivity contribution in [1.29, 1.82) is 0 Å². The van der Waals surface area contributed by atoms with Gasteiger partial charge >= 0.3 is 0 Å². The van der Waals surface area contributed by atoms with Crippen LogP contribution in [0.15, 0.2) is 18.2 Å². The highest BCUT2D eigenvalue weighted by Gasteiger charge is 2.31. The Labute approximate surface area is 136 Å². The van der Waals surface area contributed by atoms with Gasteiger partial charge in [0, 0.05) is 12.1 Å². The molecule has 0 aliphatic carbocycles. The average molecular weight is 338 g/mol. The Hall–Kier alpha value is -1.86. The minimum absolute atomic E-state index is 0.0559. The molecule has 23 heavy (non-hydrogen) atoms. The van der Waals surface area contributed by atoms with Crippen molar-refractivity contribution in [1.82, 2.24) is 9.88 Å². The highest BCUT2D eigenvalue weighted by Crippen LogP contribution is 2.31. The maximum absolute atomic E-state index is 13.4. The number of hydrogen-bond donors (Lipinski definition) is 1. The molecular formula is C16H16F2N2O2S. The first-order chi connectivity index (χ1) is 11.0. The summed E-state index contributed by atoms with van der Waals surface area (Å²) in [7, 11) is 0. The van der Waals surface area contributed by atoms with Crippen LogP contribution in [0, 0.1) is 18.6 Å². The van der Waals surface area contributed by atoms with Crippen LogP contribution >= 0.6 is 11.3 Å². The second-order valence-corrected chi connectivity index (χ2v) is 6.54. The van der Waals surface area contributed by atoms with Crippen LogP contribution in [0.2, 0.25) is 0 Å². The van der Waals surface area contributed by atoms with Gasteiger partial charge in [0.2, 0.25) is 0 Å². The third kappa shape index (κ3) is 2.98. The van der Waals surface area contributed by atoms with Gasteiger partial charge in [-0.15, -0.1) is 11.3 Å². The maximum atomic E-state index is 13.4. The Kier molecular flexibility index (Phi) is 4.41. The van der Waals surface area contributed by atoms with Crippen LogP contribution in [-0.4, -0.2) is 40.1 Å². The zero-order valence-electron chi connectivity index (χ0n) is 12.6. The summed E-state index contributed by atoms with van der Waals surface area (Å²) in [5.41, 5.74) is 1.000. The summed E-state index contributed by atoms with van der Waals surface area (Å²) in [5, 5.41) is 9.83. The second kappa shape index (κ2) is 6.33. The van der Waals surface area contributed by atoms with Crippen molar-refractivity contribution < 1.29 is 18.7 Å². The second-order valence-electron chi connectivity index (χ2n) is 5.54. The number of hydrogen-bond acceptors (Lipinski definition) is 4. The normalized spacial score (nSPS) is 17.7. The summed E-state index contributed by atoms with van der Waals surface area (Å²) in [6, 6.07) is 3.41. The van der Waals surface area contributed by atoms with Crippen molar-refractivity contribution in [2.24, 2.45) is 0 Å². The minimum Gasteiger partial charge on any atom is -0.394 e. The van der Waals surface area contributed by atoms with E-state index in [9.17, 15) is 18.7 Å². The van der Waals surface area contributed by atoms with Gasteiger partial charge in [-0.3, -0.25) is 4.79 Å². The molecule has 0 saturated carbocycles. The number of likely N-dealkylation sites (tertiary alicyclic amines) is 1. The van der Waals surface area contributed by atoms with Gasteiger partial charge in [0.25, 0.3) is 5.91 Å². The quantitative estimate of drug-likeness (QED) is 0.936. The van der Waals surface area contributed by atoms with E-state index in [4.69, 9.17) is 0 Å². The Morgan fingerprint density at radius 3 is 2.91 bits per heavy atom. The van der Waals surface area contributed by atoms with E-state index < -0.39 is 11.6 Å². The molecule has 1 saturated heterocycles. The molecule has 122 valence electrons. The number of benzene rings is 1. The number of carbonyl (C=O) groups is 1. The van der Waals surface area contributed by atoms with E-state index in [0.29, 0.717) is 27.7 Å². The first-order valence-corrected chi connectivity index (χ1v) is 8.17. The van der Waals surface area contributed by atoms with Gasteiger partial charge in [-0.05, 0) is 38.0 Å². The Morgan fingerprint density at radius 2 is 2.22 bits per heavy atom. The maximum Gasteiger partial charge on any atom is 0.266 e. The molecule has 2 heterocycles. The lowest BCUT2D eigenvalue weighted by atomic mass is 10.2. The van der Waals surface area contributed by atoms with Gasteiger partial charge in [0.1, 0.15) is 9.88 Å². The molecular weight excluding hydrogens is 322 g/mol. The summed E-state index contributed by atoms with van der Waals surface area (Å²) in [4.78, 5) is 19.1. The van der Waals surface area contributed by atoms with E-state index in [1.807, 2.05) is 0 Å². The molecule has 1 N–H and O–H groups in total. The standard InChI is InChI=1S/C16H16F2N2O2S/c1-9-14(16(22)20-6-2-3-11(20)8-21)23-15(19-9)10-4-5-12(17)13(18)7-10/h4-5,7,11,21H,2-3,6,8H2,1H3/t11-/m1/s1.